The molecular formula is C19H27N5O2S. The van der Waals surface area contributed by atoms with Crippen molar-refractivity contribution < 1.29 is 8.42 Å². The van der Waals surface area contributed by atoms with Crippen LogP contribution < -0.4 is 15.4 Å². The highest BCUT2D eigenvalue weighted by Gasteiger charge is 2.18. The van der Waals surface area contributed by atoms with Crippen molar-refractivity contribution in [2.45, 2.75) is 38.0 Å². The minimum Gasteiger partial charge on any atom is -0.370 e. The fourth-order valence-electron chi connectivity index (χ4n) is 3.17. The number of piperidine rings is 1. The maximum absolute atomic E-state index is 11.3. The van der Waals surface area contributed by atoms with Gasteiger partial charge in [-0.2, -0.15) is 4.98 Å². The molecule has 7 nitrogen and oxygen atoms in total. The number of nitrogens with one attached hydrogen (secondary N) is 1. The predicted octanol–water partition coefficient (Wildman–Crippen LogP) is 2.32. The molecule has 0 saturated carbocycles. The van der Waals surface area contributed by atoms with E-state index in [1.807, 2.05) is 13.0 Å². The summed E-state index contributed by atoms with van der Waals surface area (Å²) in [6, 6.07) is 8.59. The molecule has 0 radical (unpaired) electrons. The molecule has 2 heterocycles. The van der Waals surface area contributed by atoms with E-state index in [0.717, 1.165) is 48.5 Å². The van der Waals surface area contributed by atoms with Gasteiger partial charge in [0.2, 0.25) is 16.0 Å². The maximum Gasteiger partial charge on any atom is 0.238 e. The van der Waals surface area contributed by atoms with E-state index in [0.29, 0.717) is 6.54 Å². The Labute approximate surface area is 161 Å². The largest absolute Gasteiger partial charge is 0.370 e. The van der Waals surface area contributed by atoms with Gasteiger partial charge < -0.3 is 10.2 Å². The Hall–Kier alpha value is -2.19. The van der Waals surface area contributed by atoms with E-state index in [1.54, 1.807) is 12.1 Å². The molecule has 1 aromatic carbocycles. The fraction of sp³-hybridized carbons (Fsp3) is 0.474. The number of aromatic nitrogens is 2. The molecule has 0 spiro atoms. The number of anilines is 2. The number of hydrogen-bond donors (Lipinski definition) is 2. The summed E-state index contributed by atoms with van der Waals surface area (Å²) in [5, 5.41) is 8.47. The van der Waals surface area contributed by atoms with Gasteiger partial charge >= 0.3 is 0 Å². The molecule has 1 aliphatic heterocycles. The summed E-state index contributed by atoms with van der Waals surface area (Å²) < 4.78 is 22.6. The number of aryl methyl sites for hydroxylation is 1. The number of hydrogen-bond acceptors (Lipinski definition) is 6. The topological polar surface area (TPSA) is 101 Å². The number of nitrogens with zero attached hydrogens (tertiary/aromatic N) is 3. The summed E-state index contributed by atoms with van der Waals surface area (Å²) in [6.45, 7) is 6.97. The minimum absolute atomic E-state index is 0.131. The smallest absolute Gasteiger partial charge is 0.238 e. The molecule has 27 heavy (non-hydrogen) atoms. The van der Waals surface area contributed by atoms with E-state index in [9.17, 15) is 8.42 Å². The van der Waals surface area contributed by atoms with Gasteiger partial charge in [0.05, 0.1) is 4.90 Å². The first-order valence-electron chi connectivity index (χ1n) is 9.27. The quantitative estimate of drug-likeness (QED) is 0.786. The molecule has 0 aliphatic carbocycles. The Morgan fingerprint density at radius 2 is 1.85 bits per heavy atom. The van der Waals surface area contributed by atoms with Gasteiger partial charge in [-0.25, -0.2) is 18.5 Å². The standard InChI is InChI=1S/C19H27N5O2S/c1-14-8-11-24(12-9-14)19-22-15(2)13-18(23-19)21-10-7-16-3-5-17(6-4-16)27(20,25)26/h3-6,13-14H,7-12H2,1-2H3,(H2,20,25,26)(H,21,22,23). The highest BCUT2D eigenvalue weighted by Crippen LogP contribution is 2.21. The Kier molecular flexibility index (Phi) is 5.96. The van der Waals surface area contributed by atoms with Crippen molar-refractivity contribution in [3.05, 3.63) is 41.6 Å². The van der Waals surface area contributed by atoms with Gasteiger partial charge in [-0.3, -0.25) is 0 Å². The second-order valence-corrected chi connectivity index (χ2v) is 8.79. The molecule has 1 fully saturated rings. The van der Waals surface area contributed by atoms with E-state index < -0.39 is 10.0 Å². The number of sulfonamides is 1. The first kappa shape index (κ1) is 19.6. The normalized spacial score (nSPS) is 15.7. The summed E-state index contributed by atoms with van der Waals surface area (Å²) in [5.74, 6) is 2.38. The molecule has 0 atom stereocenters. The van der Waals surface area contributed by atoms with Crippen molar-refractivity contribution in [1.82, 2.24) is 9.97 Å². The summed E-state index contributed by atoms with van der Waals surface area (Å²) >= 11 is 0. The molecule has 146 valence electrons. The summed E-state index contributed by atoms with van der Waals surface area (Å²) in [6.07, 6.45) is 3.10. The van der Waals surface area contributed by atoms with Crippen LogP contribution in [0.15, 0.2) is 35.2 Å². The van der Waals surface area contributed by atoms with Crippen LogP contribution in [0.3, 0.4) is 0 Å². The third-order valence-electron chi connectivity index (χ3n) is 4.88. The monoisotopic (exact) mass is 389 g/mol. The van der Waals surface area contributed by atoms with Crippen LogP contribution in [0.5, 0.6) is 0 Å². The SMILES string of the molecule is Cc1cc(NCCc2ccc(S(N)(=O)=O)cc2)nc(N2CCC(C)CC2)n1. The lowest BCUT2D eigenvalue weighted by Gasteiger charge is -2.30. The molecule has 1 saturated heterocycles. The molecule has 1 aromatic heterocycles. The molecule has 0 unspecified atom stereocenters. The zero-order valence-electron chi connectivity index (χ0n) is 15.9. The van der Waals surface area contributed by atoms with E-state index in [1.165, 1.54) is 25.0 Å². The van der Waals surface area contributed by atoms with Crippen LogP contribution in [0, 0.1) is 12.8 Å². The van der Waals surface area contributed by atoms with Crippen molar-refractivity contribution in [1.29, 1.82) is 0 Å². The Bertz CT molecular complexity index is 875. The lowest BCUT2D eigenvalue weighted by Crippen LogP contribution is -2.34. The molecule has 1 aliphatic rings. The van der Waals surface area contributed by atoms with Crippen LogP contribution in [0.2, 0.25) is 0 Å². The Morgan fingerprint density at radius 3 is 2.48 bits per heavy atom. The number of benzene rings is 1. The zero-order valence-corrected chi connectivity index (χ0v) is 16.7. The zero-order chi connectivity index (χ0) is 19.4. The minimum atomic E-state index is -3.64. The number of rotatable bonds is 6. The summed E-state index contributed by atoms with van der Waals surface area (Å²) in [4.78, 5) is 11.6. The van der Waals surface area contributed by atoms with Crippen LogP contribution in [0.25, 0.3) is 0 Å². The highest BCUT2D eigenvalue weighted by atomic mass is 32.2. The van der Waals surface area contributed by atoms with Crippen molar-refractivity contribution in [3.63, 3.8) is 0 Å². The molecule has 3 rings (SSSR count). The fourth-order valence-corrected chi connectivity index (χ4v) is 3.69. The third-order valence-corrected chi connectivity index (χ3v) is 5.81. The van der Waals surface area contributed by atoms with Gasteiger partial charge in [-0.05, 0) is 49.8 Å². The number of primary sulfonamides is 1. The van der Waals surface area contributed by atoms with E-state index in [-0.39, 0.29) is 4.90 Å². The predicted molar refractivity (Wildman–Crippen MR) is 107 cm³/mol. The van der Waals surface area contributed by atoms with Crippen LogP contribution in [0.1, 0.15) is 31.0 Å². The Balaban J connectivity index is 1.59. The van der Waals surface area contributed by atoms with Crippen LogP contribution in [-0.4, -0.2) is 38.0 Å². The van der Waals surface area contributed by atoms with Crippen molar-refractivity contribution in [2.24, 2.45) is 11.1 Å². The molecule has 0 bridgehead atoms. The van der Waals surface area contributed by atoms with E-state index in [4.69, 9.17) is 5.14 Å². The van der Waals surface area contributed by atoms with Crippen molar-refractivity contribution in [3.8, 4) is 0 Å². The second kappa shape index (κ2) is 8.22. The van der Waals surface area contributed by atoms with Crippen LogP contribution in [0.4, 0.5) is 11.8 Å². The summed E-state index contributed by atoms with van der Waals surface area (Å²) in [7, 11) is -3.64. The molecule has 0 amide bonds. The van der Waals surface area contributed by atoms with Gasteiger partial charge in [0.25, 0.3) is 0 Å². The lowest BCUT2D eigenvalue weighted by atomic mass is 10.00. The molecule has 8 heteroatoms. The first-order valence-corrected chi connectivity index (χ1v) is 10.8. The van der Waals surface area contributed by atoms with Gasteiger partial charge in [-0.1, -0.05) is 19.1 Å². The summed E-state index contributed by atoms with van der Waals surface area (Å²) in [5.41, 5.74) is 1.98. The van der Waals surface area contributed by atoms with Gasteiger partial charge in [-0.15, -0.1) is 0 Å². The van der Waals surface area contributed by atoms with Crippen molar-refractivity contribution in [2.75, 3.05) is 29.9 Å². The average Bonchev–Trinajstić information content (AvgIpc) is 2.61. The van der Waals surface area contributed by atoms with Crippen molar-refractivity contribution >= 4 is 21.8 Å². The van der Waals surface area contributed by atoms with E-state index >= 15 is 0 Å². The van der Waals surface area contributed by atoms with Crippen LogP contribution >= 0.6 is 0 Å². The number of nitrogens with two attached hydrogens (primary N) is 1. The molecule has 2 aromatic rings. The van der Waals surface area contributed by atoms with E-state index in [2.05, 4.69) is 27.1 Å². The average molecular weight is 390 g/mol. The molecular weight excluding hydrogens is 362 g/mol. The first-order chi connectivity index (χ1) is 12.8. The Morgan fingerprint density at radius 1 is 1.19 bits per heavy atom. The van der Waals surface area contributed by atoms with Gasteiger partial charge in [0.15, 0.2) is 0 Å². The van der Waals surface area contributed by atoms with Crippen LogP contribution in [-0.2, 0) is 16.4 Å². The maximum atomic E-state index is 11.3. The second-order valence-electron chi connectivity index (χ2n) is 7.23. The molecule has 3 N–H and O–H groups in total. The van der Waals surface area contributed by atoms with Gasteiger partial charge in [0, 0.05) is 31.4 Å². The lowest BCUT2D eigenvalue weighted by molar-refractivity contribution is 0.434. The van der Waals surface area contributed by atoms with Gasteiger partial charge in [0.1, 0.15) is 5.82 Å². The third kappa shape index (κ3) is 5.40. The highest BCUT2D eigenvalue weighted by molar-refractivity contribution is 7.89.